The summed E-state index contributed by atoms with van der Waals surface area (Å²) >= 11 is 9.61. The molecule has 1 N–H and O–H groups in total. The summed E-state index contributed by atoms with van der Waals surface area (Å²) in [4.78, 5) is 0. The number of nitrogens with one attached hydrogen (secondary N) is 1. The van der Waals surface area contributed by atoms with Crippen molar-refractivity contribution in [3.05, 3.63) is 69.2 Å². The van der Waals surface area contributed by atoms with E-state index in [0.717, 1.165) is 21.6 Å². The van der Waals surface area contributed by atoms with E-state index in [1.807, 2.05) is 18.2 Å². The van der Waals surface area contributed by atoms with Crippen molar-refractivity contribution < 1.29 is 0 Å². The minimum absolute atomic E-state index is 0.238. The van der Waals surface area contributed by atoms with Crippen LogP contribution >= 0.6 is 27.5 Å². The number of benzene rings is 2. The highest BCUT2D eigenvalue weighted by molar-refractivity contribution is 9.10. The fourth-order valence-electron chi connectivity index (χ4n) is 1.81. The average molecular weight is 325 g/mol. The fourth-order valence-corrected chi connectivity index (χ4v) is 2.37. The Morgan fingerprint density at radius 1 is 1.11 bits per heavy atom. The Labute approximate surface area is 121 Å². The van der Waals surface area contributed by atoms with Crippen LogP contribution in [0.2, 0.25) is 5.02 Å². The van der Waals surface area contributed by atoms with Gasteiger partial charge in [-0.25, -0.2) is 0 Å². The van der Waals surface area contributed by atoms with Crippen molar-refractivity contribution in [2.75, 3.05) is 0 Å². The van der Waals surface area contributed by atoms with Gasteiger partial charge in [-0.1, -0.05) is 57.9 Å². The van der Waals surface area contributed by atoms with E-state index in [4.69, 9.17) is 11.6 Å². The van der Waals surface area contributed by atoms with Crippen LogP contribution in [0.5, 0.6) is 0 Å². The molecule has 0 radical (unpaired) electrons. The van der Waals surface area contributed by atoms with E-state index in [9.17, 15) is 0 Å². The second-order valence-corrected chi connectivity index (χ2v) is 5.57. The summed E-state index contributed by atoms with van der Waals surface area (Å²) in [5.74, 6) is 0. The maximum atomic E-state index is 6.18. The summed E-state index contributed by atoms with van der Waals surface area (Å²) in [5.41, 5.74) is 2.40. The number of rotatable bonds is 4. The fraction of sp³-hybridized carbons (Fsp3) is 0.200. The average Bonchev–Trinajstić information content (AvgIpc) is 2.38. The van der Waals surface area contributed by atoms with Crippen LogP contribution in [0.15, 0.2) is 53.0 Å². The maximum Gasteiger partial charge on any atom is 0.0453 e. The van der Waals surface area contributed by atoms with Crippen molar-refractivity contribution in [2.24, 2.45) is 0 Å². The van der Waals surface area contributed by atoms with Crippen LogP contribution in [-0.2, 0) is 6.54 Å². The first-order valence-electron chi connectivity index (χ1n) is 5.89. The second-order valence-electron chi connectivity index (χ2n) is 4.25. The molecule has 0 amide bonds. The highest BCUT2D eigenvalue weighted by Gasteiger charge is 2.07. The van der Waals surface area contributed by atoms with E-state index in [1.54, 1.807) is 0 Å². The molecule has 94 valence electrons. The van der Waals surface area contributed by atoms with Gasteiger partial charge >= 0.3 is 0 Å². The molecule has 0 aromatic heterocycles. The monoisotopic (exact) mass is 323 g/mol. The Kier molecular flexibility index (Phi) is 4.81. The molecule has 0 saturated carbocycles. The third-order valence-corrected chi connectivity index (χ3v) is 3.77. The highest BCUT2D eigenvalue weighted by atomic mass is 79.9. The Balaban J connectivity index is 1.98. The summed E-state index contributed by atoms with van der Waals surface area (Å²) in [5, 5.41) is 4.29. The van der Waals surface area contributed by atoms with Gasteiger partial charge < -0.3 is 5.32 Å². The zero-order valence-corrected chi connectivity index (χ0v) is 12.5. The van der Waals surface area contributed by atoms with Gasteiger partial charge in [0, 0.05) is 22.1 Å². The Hall–Kier alpha value is -0.830. The minimum Gasteiger partial charge on any atom is -0.306 e. The van der Waals surface area contributed by atoms with E-state index in [1.165, 1.54) is 5.56 Å². The molecule has 2 aromatic rings. The third-order valence-electron chi connectivity index (χ3n) is 2.90. The number of hydrogen-bond acceptors (Lipinski definition) is 1. The standard InChI is InChI=1S/C15H15BrClN/c1-11(14-4-2-3-5-15(14)17)18-10-12-6-8-13(16)9-7-12/h2-9,11,18H,10H2,1H3. The van der Waals surface area contributed by atoms with E-state index in [2.05, 4.69) is 58.5 Å². The van der Waals surface area contributed by atoms with Crippen LogP contribution in [0.3, 0.4) is 0 Å². The van der Waals surface area contributed by atoms with Gasteiger partial charge in [-0.2, -0.15) is 0 Å². The van der Waals surface area contributed by atoms with E-state index in [-0.39, 0.29) is 6.04 Å². The second kappa shape index (κ2) is 6.37. The first-order chi connectivity index (χ1) is 8.66. The van der Waals surface area contributed by atoms with Crippen molar-refractivity contribution in [2.45, 2.75) is 19.5 Å². The van der Waals surface area contributed by atoms with E-state index < -0.39 is 0 Å². The Morgan fingerprint density at radius 2 is 1.78 bits per heavy atom. The lowest BCUT2D eigenvalue weighted by Gasteiger charge is -2.15. The number of hydrogen-bond donors (Lipinski definition) is 1. The molecule has 1 unspecified atom stereocenters. The summed E-state index contributed by atoms with van der Waals surface area (Å²) < 4.78 is 1.10. The van der Waals surface area contributed by atoms with Crippen molar-refractivity contribution in [1.29, 1.82) is 0 Å². The SMILES string of the molecule is CC(NCc1ccc(Br)cc1)c1ccccc1Cl. The predicted octanol–water partition coefficient (Wildman–Crippen LogP) is 4.95. The van der Waals surface area contributed by atoms with Crippen LogP contribution in [-0.4, -0.2) is 0 Å². The molecule has 0 aliphatic heterocycles. The van der Waals surface area contributed by atoms with Crippen molar-refractivity contribution >= 4 is 27.5 Å². The molecule has 3 heteroatoms. The topological polar surface area (TPSA) is 12.0 Å². The van der Waals surface area contributed by atoms with Gasteiger partial charge in [0.15, 0.2) is 0 Å². The molecule has 1 atom stereocenters. The van der Waals surface area contributed by atoms with Crippen LogP contribution in [0.4, 0.5) is 0 Å². The van der Waals surface area contributed by atoms with Gasteiger partial charge in [-0.05, 0) is 36.2 Å². The molecule has 0 aliphatic rings. The molecule has 2 rings (SSSR count). The first kappa shape index (κ1) is 13.6. The lowest BCUT2D eigenvalue weighted by atomic mass is 10.1. The minimum atomic E-state index is 0.238. The number of halogens is 2. The highest BCUT2D eigenvalue weighted by Crippen LogP contribution is 2.22. The van der Waals surface area contributed by atoms with Crippen molar-refractivity contribution in [3.8, 4) is 0 Å². The molecule has 18 heavy (non-hydrogen) atoms. The molecule has 0 saturated heterocycles. The first-order valence-corrected chi connectivity index (χ1v) is 7.06. The normalized spacial score (nSPS) is 12.4. The van der Waals surface area contributed by atoms with Crippen LogP contribution in [0.25, 0.3) is 0 Å². The van der Waals surface area contributed by atoms with Gasteiger partial charge in [0.1, 0.15) is 0 Å². The molecule has 0 aliphatic carbocycles. The molecule has 0 bridgehead atoms. The quantitative estimate of drug-likeness (QED) is 0.838. The smallest absolute Gasteiger partial charge is 0.0453 e. The van der Waals surface area contributed by atoms with Crippen LogP contribution in [0, 0.1) is 0 Å². The van der Waals surface area contributed by atoms with E-state index >= 15 is 0 Å². The van der Waals surface area contributed by atoms with E-state index in [0.29, 0.717) is 0 Å². The molecule has 0 fully saturated rings. The maximum absolute atomic E-state index is 6.18. The summed E-state index contributed by atoms with van der Waals surface area (Å²) in [6, 6.07) is 16.5. The Morgan fingerprint density at radius 3 is 2.44 bits per heavy atom. The van der Waals surface area contributed by atoms with Gasteiger partial charge in [0.2, 0.25) is 0 Å². The zero-order chi connectivity index (χ0) is 13.0. The zero-order valence-electron chi connectivity index (χ0n) is 10.2. The molecule has 0 spiro atoms. The van der Waals surface area contributed by atoms with Crippen molar-refractivity contribution in [1.82, 2.24) is 5.32 Å². The van der Waals surface area contributed by atoms with Gasteiger partial charge in [-0.15, -0.1) is 0 Å². The summed E-state index contributed by atoms with van der Waals surface area (Å²) in [7, 11) is 0. The predicted molar refractivity (Wildman–Crippen MR) is 80.8 cm³/mol. The Bertz CT molecular complexity index is 510. The van der Waals surface area contributed by atoms with Crippen LogP contribution in [0.1, 0.15) is 24.1 Å². The molecule has 0 heterocycles. The van der Waals surface area contributed by atoms with Crippen LogP contribution < -0.4 is 5.32 Å². The molecular weight excluding hydrogens is 310 g/mol. The summed E-state index contributed by atoms with van der Waals surface area (Å²) in [6.45, 7) is 2.96. The molecule has 1 nitrogen and oxygen atoms in total. The molecular formula is C15H15BrClN. The lowest BCUT2D eigenvalue weighted by molar-refractivity contribution is 0.575. The molecule has 2 aromatic carbocycles. The third kappa shape index (κ3) is 3.58. The van der Waals surface area contributed by atoms with Gasteiger partial charge in [0.25, 0.3) is 0 Å². The largest absolute Gasteiger partial charge is 0.306 e. The van der Waals surface area contributed by atoms with Gasteiger partial charge in [-0.3, -0.25) is 0 Å². The van der Waals surface area contributed by atoms with Gasteiger partial charge in [0.05, 0.1) is 0 Å². The summed E-state index contributed by atoms with van der Waals surface area (Å²) in [6.07, 6.45) is 0. The van der Waals surface area contributed by atoms with Crippen molar-refractivity contribution in [3.63, 3.8) is 0 Å². The lowest BCUT2D eigenvalue weighted by Crippen LogP contribution is -2.18.